The van der Waals surface area contributed by atoms with Crippen molar-refractivity contribution in [1.82, 2.24) is 4.90 Å². The topological polar surface area (TPSA) is 29.3 Å². The van der Waals surface area contributed by atoms with Gasteiger partial charge in [-0.15, -0.1) is 0 Å². The molecule has 0 aromatic heterocycles. The van der Waals surface area contributed by atoms with Gasteiger partial charge in [-0.25, -0.2) is 4.39 Å². The average Bonchev–Trinajstić information content (AvgIpc) is 2.45. The number of piperidine rings is 1. The number of hydrogen-bond donors (Lipinski definition) is 1. The molecule has 0 saturated carbocycles. The van der Waals surface area contributed by atoms with E-state index in [0.29, 0.717) is 12.6 Å². The Kier molecular flexibility index (Phi) is 4.94. The van der Waals surface area contributed by atoms with E-state index in [2.05, 4.69) is 18.7 Å². The van der Waals surface area contributed by atoms with E-state index in [9.17, 15) is 4.39 Å². The third-order valence-electron chi connectivity index (χ3n) is 4.55. The highest BCUT2D eigenvalue weighted by atomic mass is 19.1. The highest BCUT2D eigenvalue weighted by Crippen LogP contribution is 2.31. The smallest absolute Gasteiger partial charge is 0.123 e. The Morgan fingerprint density at radius 1 is 1.47 bits per heavy atom. The maximum atomic E-state index is 13.3. The highest BCUT2D eigenvalue weighted by molar-refractivity contribution is 5.20. The fourth-order valence-electron chi connectivity index (χ4n) is 3.22. The van der Waals surface area contributed by atoms with E-state index in [1.165, 1.54) is 25.3 Å². The van der Waals surface area contributed by atoms with Gasteiger partial charge in [0.05, 0.1) is 0 Å². The van der Waals surface area contributed by atoms with Crippen molar-refractivity contribution in [2.75, 3.05) is 13.1 Å². The van der Waals surface area contributed by atoms with Crippen LogP contribution in [-0.4, -0.2) is 24.0 Å². The molecule has 2 nitrogen and oxygen atoms in total. The van der Waals surface area contributed by atoms with Gasteiger partial charge in [0.15, 0.2) is 0 Å². The van der Waals surface area contributed by atoms with Crippen LogP contribution in [0.15, 0.2) is 24.3 Å². The zero-order valence-corrected chi connectivity index (χ0v) is 12.0. The third-order valence-corrected chi connectivity index (χ3v) is 4.55. The summed E-state index contributed by atoms with van der Waals surface area (Å²) in [5.74, 6) is 0.640. The van der Waals surface area contributed by atoms with Crippen molar-refractivity contribution < 1.29 is 4.39 Å². The van der Waals surface area contributed by atoms with Crippen LogP contribution in [0.3, 0.4) is 0 Å². The van der Waals surface area contributed by atoms with Crippen LogP contribution in [0.4, 0.5) is 4.39 Å². The summed E-state index contributed by atoms with van der Waals surface area (Å²) in [6.07, 6.45) is 3.64. The van der Waals surface area contributed by atoms with Gasteiger partial charge in [0.2, 0.25) is 0 Å². The Hall–Kier alpha value is -0.930. The Labute approximate surface area is 115 Å². The minimum Gasteiger partial charge on any atom is -0.329 e. The quantitative estimate of drug-likeness (QED) is 0.903. The Morgan fingerprint density at radius 3 is 2.89 bits per heavy atom. The number of nitrogens with zero attached hydrogens (tertiary/aromatic N) is 1. The fraction of sp³-hybridized carbons (Fsp3) is 0.625. The van der Waals surface area contributed by atoms with Crippen LogP contribution in [0.1, 0.15) is 44.7 Å². The molecule has 1 fully saturated rings. The number of hydrogen-bond acceptors (Lipinski definition) is 2. The summed E-state index contributed by atoms with van der Waals surface area (Å²) in [6, 6.07) is 7.60. The van der Waals surface area contributed by atoms with Gasteiger partial charge in [0.1, 0.15) is 5.82 Å². The van der Waals surface area contributed by atoms with Crippen molar-refractivity contribution in [2.24, 2.45) is 11.7 Å². The van der Waals surface area contributed by atoms with Crippen molar-refractivity contribution >= 4 is 0 Å². The minimum absolute atomic E-state index is 0.155. The third kappa shape index (κ3) is 3.34. The summed E-state index contributed by atoms with van der Waals surface area (Å²) in [4.78, 5) is 2.45. The molecule has 3 atom stereocenters. The van der Waals surface area contributed by atoms with Gasteiger partial charge in [-0.05, 0) is 49.9 Å². The number of rotatable bonds is 4. The molecule has 106 valence electrons. The van der Waals surface area contributed by atoms with Crippen LogP contribution < -0.4 is 5.73 Å². The van der Waals surface area contributed by atoms with E-state index >= 15 is 0 Å². The van der Waals surface area contributed by atoms with Crippen LogP contribution in [0.5, 0.6) is 0 Å². The molecular formula is C16H25FN2. The number of halogens is 1. The lowest BCUT2D eigenvalue weighted by Crippen LogP contribution is -2.47. The molecule has 19 heavy (non-hydrogen) atoms. The van der Waals surface area contributed by atoms with Crippen LogP contribution in [0.2, 0.25) is 0 Å². The highest BCUT2D eigenvalue weighted by Gasteiger charge is 2.30. The molecule has 3 heteroatoms. The van der Waals surface area contributed by atoms with E-state index in [1.54, 1.807) is 12.1 Å². The first-order valence-corrected chi connectivity index (χ1v) is 7.37. The van der Waals surface area contributed by atoms with Crippen LogP contribution in [0.25, 0.3) is 0 Å². The van der Waals surface area contributed by atoms with Gasteiger partial charge in [-0.3, -0.25) is 4.90 Å². The molecule has 1 aliphatic heterocycles. The summed E-state index contributed by atoms with van der Waals surface area (Å²) in [5, 5.41) is 0. The van der Waals surface area contributed by atoms with Crippen molar-refractivity contribution in [1.29, 1.82) is 0 Å². The molecular weight excluding hydrogens is 239 g/mol. The zero-order valence-electron chi connectivity index (χ0n) is 12.0. The number of nitrogens with two attached hydrogens (primary N) is 1. The Balaban J connectivity index is 2.11. The van der Waals surface area contributed by atoms with E-state index < -0.39 is 0 Å². The normalized spacial score (nSPS) is 26.3. The van der Waals surface area contributed by atoms with Crippen LogP contribution >= 0.6 is 0 Å². The van der Waals surface area contributed by atoms with Gasteiger partial charge >= 0.3 is 0 Å². The monoisotopic (exact) mass is 264 g/mol. The molecule has 0 amide bonds. The second kappa shape index (κ2) is 6.49. The molecule has 1 aromatic carbocycles. The molecule has 1 aliphatic rings. The second-order valence-corrected chi connectivity index (χ2v) is 5.66. The number of likely N-dealkylation sites (tertiary alicyclic amines) is 1. The van der Waals surface area contributed by atoms with Gasteiger partial charge in [-0.1, -0.05) is 25.5 Å². The molecule has 3 unspecified atom stereocenters. The SMILES string of the molecule is CCC1CCN(C(C)c2cccc(F)c2)C(CN)C1. The van der Waals surface area contributed by atoms with Crippen LogP contribution in [-0.2, 0) is 0 Å². The molecule has 2 rings (SSSR count). The molecule has 2 N–H and O–H groups in total. The molecule has 1 aromatic rings. The van der Waals surface area contributed by atoms with E-state index in [-0.39, 0.29) is 11.9 Å². The maximum Gasteiger partial charge on any atom is 0.123 e. The summed E-state index contributed by atoms with van der Waals surface area (Å²) >= 11 is 0. The molecule has 1 heterocycles. The lowest BCUT2D eigenvalue weighted by Gasteiger charge is -2.42. The van der Waals surface area contributed by atoms with E-state index in [1.807, 2.05) is 6.07 Å². The summed E-state index contributed by atoms with van der Waals surface area (Å²) < 4.78 is 13.3. The Morgan fingerprint density at radius 2 is 2.26 bits per heavy atom. The van der Waals surface area contributed by atoms with Gasteiger partial charge in [0.25, 0.3) is 0 Å². The molecule has 0 radical (unpaired) electrons. The predicted octanol–water partition coefficient (Wildman–Crippen LogP) is 3.34. The lowest BCUT2D eigenvalue weighted by atomic mass is 9.87. The average molecular weight is 264 g/mol. The van der Waals surface area contributed by atoms with Crippen molar-refractivity contribution in [3.05, 3.63) is 35.6 Å². The van der Waals surface area contributed by atoms with Crippen LogP contribution in [0, 0.1) is 11.7 Å². The molecule has 0 aliphatic carbocycles. The van der Waals surface area contributed by atoms with Crippen molar-refractivity contribution in [2.45, 2.75) is 45.2 Å². The first kappa shape index (κ1) is 14.5. The Bertz CT molecular complexity index is 407. The molecule has 1 saturated heterocycles. The lowest BCUT2D eigenvalue weighted by molar-refractivity contribution is 0.0771. The molecule has 0 bridgehead atoms. The van der Waals surface area contributed by atoms with Crippen molar-refractivity contribution in [3.8, 4) is 0 Å². The summed E-state index contributed by atoms with van der Waals surface area (Å²) in [7, 11) is 0. The predicted molar refractivity (Wildman–Crippen MR) is 77.4 cm³/mol. The van der Waals surface area contributed by atoms with Gasteiger partial charge in [-0.2, -0.15) is 0 Å². The number of benzene rings is 1. The maximum absolute atomic E-state index is 13.3. The van der Waals surface area contributed by atoms with Gasteiger partial charge < -0.3 is 5.73 Å². The first-order valence-electron chi connectivity index (χ1n) is 7.37. The largest absolute Gasteiger partial charge is 0.329 e. The van der Waals surface area contributed by atoms with E-state index in [4.69, 9.17) is 5.73 Å². The molecule has 0 spiro atoms. The summed E-state index contributed by atoms with van der Waals surface area (Å²) in [5.41, 5.74) is 6.99. The van der Waals surface area contributed by atoms with Crippen molar-refractivity contribution in [3.63, 3.8) is 0 Å². The minimum atomic E-state index is -0.155. The van der Waals surface area contributed by atoms with E-state index in [0.717, 1.165) is 18.0 Å². The standard InChI is InChI=1S/C16H25FN2/c1-3-13-7-8-19(16(9-13)11-18)12(2)14-5-4-6-15(17)10-14/h4-6,10,12-13,16H,3,7-9,11,18H2,1-2H3. The van der Waals surface area contributed by atoms with Gasteiger partial charge in [0, 0.05) is 18.6 Å². The summed E-state index contributed by atoms with van der Waals surface area (Å²) in [6.45, 7) is 6.17. The second-order valence-electron chi connectivity index (χ2n) is 5.66. The zero-order chi connectivity index (χ0) is 13.8. The fourth-order valence-corrected chi connectivity index (χ4v) is 3.22. The first-order chi connectivity index (χ1) is 9.15.